The summed E-state index contributed by atoms with van der Waals surface area (Å²) >= 11 is 0. The molecule has 3 nitrogen and oxygen atoms in total. The van der Waals surface area contributed by atoms with Crippen LogP contribution in [0.1, 0.15) is 26.7 Å². The smallest absolute Gasteiger partial charge is 0.0428 e. The zero-order chi connectivity index (χ0) is 10.2. The Balaban J connectivity index is -0.000000105. The van der Waals surface area contributed by atoms with Crippen molar-refractivity contribution < 1.29 is 5.11 Å². The first-order valence-corrected chi connectivity index (χ1v) is 4.58. The van der Waals surface area contributed by atoms with Crippen LogP contribution >= 0.6 is 0 Å². The van der Waals surface area contributed by atoms with E-state index in [0.29, 0.717) is 6.61 Å². The third kappa shape index (κ3) is 93.9. The van der Waals surface area contributed by atoms with Crippen LogP contribution in [0.15, 0.2) is 0 Å². The fourth-order valence-electron chi connectivity index (χ4n) is 0.250. The molecule has 0 aromatic rings. The van der Waals surface area contributed by atoms with Gasteiger partial charge in [-0.05, 0) is 40.5 Å². The Bertz CT molecular complexity index is 39.5. The van der Waals surface area contributed by atoms with Crippen LogP contribution in [0.25, 0.3) is 0 Å². The van der Waals surface area contributed by atoms with Crippen LogP contribution in [0.2, 0.25) is 0 Å². The maximum atomic E-state index is 7.88. The minimum absolute atomic E-state index is 0.319. The van der Waals surface area contributed by atoms with Crippen molar-refractivity contribution in [3.8, 4) is 0 Å². The lowest BCUT2D eigenvalue weighted by molar-refractivity contribution is 0.295. The van der Waals surface area contributed by atoms with Crippen molar-refractivity contribution in [1.29, 1.82) is 0 Å². The molecule has 0 aliphatic heterocycles. The van der Waals surface area contributed by atoms with Gasteiger partial charge in [0.15, 0.2) is 0 Å². The summed E-state index contributed by atoms with van der Waals surface area (Å²) in [6, 6.07) is 0. The number of aliphatic hydroxyl groups excluding tert-OH is 1. The second-order valence-electron chi connectivity index (χ2n) is 2.33. The minimum Gasteiger partial charge on any atom is -0.396 e. The van der Waals surface area contributed by atoms with E-state index < -0.39 is 0 Å². The molecule has 0 aliphatic carbocycles. The van der Waals surface area contributed by atoms with Crippen LogP contribution in [-0.2, 0) is 0 Å². The first-order chi connectivity index (χ1) is 5.74. The third-order valence-corrected chi connectivity index (χ3v) is 0.724. The topological polar surface area (TPSA) is 44.3 Å². The largest absolute Gasteiger partial charge is 0.396 e. The summed E-state index contributed by atoms with van der Waals surface area (Å²) in [5.74, 6) is 0. The molecule has 0 aliphatic rings. The van der Waals surface area contributed by atoms with Crippen molar-refractivity contribution in [2.24, 2.45) is 0 Å². The molecule has 12 heavy (non-hydrogen) atoms. The highest BCUT2D eigenvalue weighted by Gasteiger charge is 1.64. The van der Waals surface area contributed by atoms with E-state index in [9.17, 15) is 0 Å². The van der Waals surface area contributed by atoms with Crippen molar-refractivity contribution >= 4 is 0 Å². The van der Waals surface area contributed by atoms with Gasteiger partial charge in [-0.15, -0.1) is 0 Å². The summed E-state index contributed by atoms with van der Waals surface area (Å²) in [5, 5.41) is 13.6. The van der Waals surface area contributed by atoms with E-state index in [1.165, 1.54) is 6.42 Å². The minimum atomic E-state index is 0.319. The van der Waals surface area contributed by atoms with E-state index >= 15 is 0 Å². The molecule has 0 unspecified atom stereocenters. The Kier molecular flexibility index (Phi) is 45.7. The highest BCUT2D eigenvalue weighted by Crippen LogP contribution is 1.62. The van der Waals surface area contributed by atoms with Gasteiger partial charge in [-0.1, -0.05) is 13.8 Å². The molecular formula is C9H26N2O. The number of hydrogen-bond donors (Lipinski definition) is 3. The normalized spacial score (nSPS) is 7.50. The van der Waals surface area contributed by atoms with E-state index in [0.717, 1.165) is 13.0 Å². The predicted molar refractivity (Wildman–Crippen MR) is 56.6 cm³/mol. The zero-order valence-corrected chi connectivity index (χ0v) is 9.28. The van der Waals surface area contributed by atoms with E-state index in [2.05, 4.69) is 17.6 Å². The summed E-state index contributed by atoms with van der Waals surface area (Å²) in [6.07, 6.45) is 2.11. The van der Waals surface area contributed by atoms with Gasteiger partial charge in [-0.25, -0.2) is 0 Å². The van der Waals surface area contributed by atoms with Crippen molar-refractivity contribution in [1.82, 2.24) is 10.6 Å². The van der Waals surface area contributed by atoms with Gasteiger partial charge in [0.2, 0.25) is 0 Å². The monoisotopic (exact) mass is 178 g/mol. The number of rotatable bonds is 3. The summed E-state index contributed by atoms with van der Waals surface area (Å²) in [6.45, 7) is 5.54. The Morgan fingerprint density at radius 2 is 1.33 bits per heavy atom. The lowest BCUT2D eigenvalue weighted by atomic mass is 10.5. The van der Waals surface area contributed by atoms with Gasteiger partial charge in [-0.3, -0.25) is 0 Å². The van der Waals surface area contributed by atoms with Gasteiger partial charge in [0.25, 0.3) is 0 Å². The van der Waals surface area contributed by atoms with Gasteiger partial charge in [0.1, 0.15) is 0 Å². The predicted octanol–water partition coefficient (Wildman–Crippen LogP) is 0.840. The summed E-state index contributed by atoms with van der Waals surface area (Å²) in [4.78, 5) is 0. The quantitative estimate of drug-likeness (QED) is 0.600. The molecule has 0 fully saturated rings. The maximum absolute atomic E-state index is 7.88. The molecule has 0 atom stereocenters. The molecule has 0 bridgehead atoms. The zero-order valence-electron chi connectivity index (χ0n) is 9.28. The molecule has 0 radical (unpaired) electrons. The molecule has 0 amide bonds. The van der Waals surface area contributed by atoms with E-state index in [1.807, 2.05) is 28.1 Å². The highest BCUT2D eigenvalue weighted by molar-refractivity contribution is 4.28. The first-order valence-electron chi connectivity index (χ1n) is 4.58. The second kappa shape index (κ2) is 30.7. The lowest BCUT2D eigenvalue weighted by Gasteiger charge is -1.84. The van der Waals surface area contributed by atoms with Gasteiger partial charge >= 0.3 is 0 Å². The van der Waals surface area contributed by atoms with Crippen LogP contribution < -0.4 is 10.6 Å². The number of aliphatic hydroxyl groups is 1. The molecule has 0 rings (SSSR count). The molecule has 0 saturated carbocycles. The van der Waals surface area contributed by atoms with Crippen molar-refractivity contribution in [2.45, 2.75) is 26.7 Å². The summed E-state index contributed by atoms with van der Waals surface area (Å²) < 4.78 is 0. The Morgan fingerprint density at radius 1 is 1.00 bits per heavy atom. The van der Waals surface area contributed by atoms with E-state index in [-0.39, 0.29) is 0 Å². The first kappa shape index (κ1) is 17.8. The Morgan fingerprint density at radius 3 is 1.33 bits per heavy atom. The SMILES string of the molecule is CCCNC.CCCO.CNC. The van der Waals surface area contributed by atoms with Crippen LogP contribution in [-0.4, -0.2) is 39.4 Å². The third-order valence-electron chi connectivity index (χ3n) is 0.724. The maximum Gasteiger partial charge on any atom is 0.0428 e. The fourth-order valence-corrected chi connectivity index (χ4v) is 0.250. The van der Waals surface area contributed by atoms with E-state index in [4.69, 9.17) is 5.11 Å². The molecule has 78 valence electrons. The fraction of sp³-hybridized carbons (Fsp3) is 1.00. The molecule has 0 aromatic carbocycles. The van der Waals surface area contributed by atoms with Crippen molar-refractivity contribution in [3.05, 3.63) is 0 Å². The molecule has 0 aromatic heterocycles. The molecule has 0 saturated heterocycles. The molecule has 0 heterocycles. The summed E-state index contributed by atoms with van der Waals surface area (Å²) in [5.41, 5.74) is 0. The van der Waals surface area contributed by atoms with Gasteiger partial charge in [0, 0.05) is 6.61 Å². The van der Waals surface area contributed by atoms with Crippen LogP contribution in [0.4, 0.5) is 0 Å². The van der Waals surface area contributed by atoms with Crippen LogP contribution in [0.5, 0.6) is 0 Å². The summed E-state index contributed by atoms with van der Waals surface area (Å²) in [7, 11) is 5.71. The molecule has 3 N–H and O–H groups in total. The average Bonchev–Trinajstić information content (AvgIpc) is 2.08. The molecule has 3 heteroatoms. The van der Waals surface area contributed by atoms with Crippen LogP contribution in [0, 0.1) is 0 Å². The Labute approximate surface area is 77.6 Å². The standard InChI is InChI=1S/C4H11N.C3H8O.C2H7N/c1-3-4-5-2;1-2-3-4;1-3-2/h5H,3-4H2,1-2H3;4H,2-3H2,1H3;3H,1-2H3. The van der Waals surface area contributed by atoms with Gasteiger partial charge in [0.05, 0.1) is 0 Å². The number of hydrogen-bond acceptors (Lipinski definition) is 3. The molecular weight excluding hydrogens is 152 g/mol. The lowest BCUT2D eigenvalue weighted by Crippen LogP contribution is -2.04. The van der Waals surface area contributed by atoms with Crippen molar-refractivity contribution in [2.75, 3.05) is 34.3 Å². The van der Waals surface area contributed by atoms with Crippen molar-refractivity contribution in [3.63, 3.8) is 0 Å². The average molecular weight is 178 g/mol. The van der Waals surface area contributed by atoms with Gasteiger partial charge < -0.3 is 15.7 Å². The van der Waals surface area contributed by atoms with E-state index in [1.54, 1.807) is 0 Å². The second-order valence-corrected chi connectivity index (χ2v) is 2.33. The highest BCUT2D eigenvalue weighted by atomic mass is 16.2. The number of nitrogens with one attached hydrogen (secondary N) is 2. The Hall–Kier alpha value is -0.120. The molecule has 0 spiro atoms. The van der Waals surface area contributed by atoms with Crippen LogP contribution in [0.3, 0.4) is 0 Å². The van der Waals surface area contributed by atoms with Gasteiger partial charge in [-0.2, -0.15) is 0 Å².